The monoisotopic (exact) mass is 454 g/mol. The topological polar surface area (TPSA) is 74.3 Å². The molecule has 0 saturated heterocycles. The van der Waals surface area contributed by atoms with Crippen molar-refractivity contribution in [1.29, 1.82) is 0 Å². The van der Waals surface area contributed by atoms with Crippen LogP contribution < -0.4 is 10.6 Å². The van der Waals surface area contributed by atoms with E-state index >= 15 is 0 Å². The molecule has 0 radical (unpaired) electrons. The van der Waals surface area contributed by atoms with E-state index in [2.05, 4.69) is 15.6 Å². The molecule has 0 aliphatic carbocycles. The fourth-order valence-corrected chi connectivity index (χ4v) is 4.43. The number of hydrogen-bond donors (Lipinski definition) is 2. The highest BCUT2D eigenvalue weighted by molar-refractivity contribution is 7.97. The molecule has 8 heteroatoms. The van der Waals surface area contributed by atoms with E-state index in [1.807, 2.05) is 79.2 Å². The molecule has 0 aliphatic rings. The SMILES string of the molecule is CCCC(NC(=O)c1cccc(SN(C)C)c1)C(=O)Nc1nc(-c2ccccc2)cs1. The Morgan fingerprint density at radius 1 is 1.13 bits per heavy atom. The molecule has 0 bridgehead atoms. The van der Waals surface area contributed by atoms with Gasteiger partial charge in [0.25, 0.3) is 5.91 Å². The van der Waals surface area contributed by atoms with Crippen LogP contribution in [-0.4, -0.2) is 41.2 Å². The van der Waals surface area contributed by atoms with Crippen LogP contribution in [0.2, 0.25) is 0 Å². The van der Waals surface area contributed by atoms with Gasteiger partial charge < -0.3 is 10.6 Å². The molecular formula is C23H26N4O2S2. The first-order valence-corrected chi connectivity index (χ1v) is 11.7. The minimum absolute atomic E-state index is 0.261. The van der Waals surface area contributed by atoms with Crippen LogP contribution in [0.4, 0.5) is 5.13 Å². The van der Waals surface area contributed by atoms with Crippen molar-refractivity contribution in [2.24, 2.45) is 0 Å². The molecule has 3 aromatic rings. The zero-order valence-electron chi connectivity index (χ0n) is 17.8. The molecule has 0 aliphatic heterocycles. The Hall–Kier alpha value is -2.68. The van der Waals surface area contributed by atoms with Crippen molar-refractivity contribution in [2.45, 2.75) is 30.7 Å². The number of nitrogens with one attached hydrogen (secondary N) is 2. The number of thiazole rings is 1. The average molecular weight is 455 g/mol. The quantitative estimate of drug-likeness (QED) is 0.449. The van der Waals surface area contributed by atoms with Crippen molar-refractivity contribution in [3.63, 3.8) is 0 Å². The van der Waals surface area contributed by atoms with Crippen molar-refractivity contribution in [3.05, 3.63) is 65.5 Å². The van der Waals surface area contributed by atoms with Gasteiger partial charge in [0, 0.05) is 21.4 Å². The van der Waals surface area contributed by atoms with E-state index in [9.17, 15) is 9.59 Å². The molecule has 0 saturated carbocycles. The molecule has 0 fully saturated rings. The van der Waals surface area contributed by atoms with Gasteiger partial charge in [-0.3, -0.25) is 13.9 Å². The average Bonchev–Trinajstić information content (AvgIpc) is 3.22. The zero-order chi connectivity index (χ0) is 22.2. The Labute approximate surface area is 191 Å². The van der Waals surface area contributed by atoms with Gasteiger partial charge in [-0.2, -0.15) is 0 Å². The van der Waals surface area contributed by atoms with E-state index in [1.54, 1.807) is 6.07 Å². The molecule has 3 rings (SSSR count). The van der Waals surface area contributed by atoms with Crippen LogP contribution >= 0.6 is 23.3 Å². The molecular weight excluding hydrogens is 428 g/mol. The summed E-state index contributed by atoms with van der Waals surface area (Å²) in [7, 11) is 3.89. The first-order chi connectivity index (χ1) is 15.0. The molecule has 162 valence electrons. The van der Waals surface area contributed by atoms with Gasteiger partial charge in [0.2, 0.25) is 5.91 Å². The maximum atomic E-state index is 12.9. The number of anilines is 1. The molecule has 6 nitrogen and oxygen atoms in total. The van der Waals surface area contributed by atoms with Gasteiger partial charge in [-0.15, -0.1) is 11.3 Å². The van der Waals surface area contributed by atoms with Crippen molar-refractivity contribution in [3.8, 4) is 11.3 Å². The van der Waals surface area contributed by atoms with Crippen LogP contribution in [0, 0.1) is 0 Å². The summed E-state index contributed by atoms with van der Waals surface area (Å²) in [5.41, 5.74) is 2.33. The zero-order valence-corrected chi connectivity index (χ0v) is 19.4. The third-order valence-electron chi connectivity index (χ3n) is 4.39. The number of benzene rings is 2. The van der Waals surface area contributed by atoms with Gasteiger partial charge in [-0.25, -0.2) is 4.98 Å². The molecule has 2 aromatic carbocycles. The van der Waals surface area contributed by atoms with Crippen LogP contribution in [0.1, 0.15) is 30.1 Å². The number of carbonyl (C=O) groups is 2. The Bertz CT molecular complexity index is 1020. The predicted molar refractivity (Wildman–Crippen MR) is 128 cm³/mol. The molecule has 31 heavy (non-hydrogen) atoms. The summed E-state index contributed by atoms with van der Waals surface area (Å²) in [5, 5.41) is 8.16. The smallest absolute Gasteiger partial charge is 0.251 e. The van der Waals surface area contributed by atoms with Gasteiger partial charge in [0.15, 0.2) is 5.13 Å². The fraction of sp³-hybridized carbons (Fsp3) is 0.261. The van der Waals surface area contributed by atoms with Crippen LogP contribution in [0.3, 0.4) is 0 Å². The third kappa shape index (κ3) is 6.65. The highest BCUT2D eigenvalue weighted by atomic mass is 32.2. The Kier molecular flexibility index (Phi) is 8.22. The van der Waals surface area contributed by atoms with Gasteiger partial charge >= 0.3 is 0 Å². The fourth-order valence-electron chi connectivity index (χ4n) is 2.97. The minimum atomic E-state index is -0.633. The lowest BCUT2D eigenvalue weighted by molar-refractivity contribution is -0.118. The lowest BCUT2D eigenvalue weighted by atomic mass is 10.1. The van der Waals surface area contributed by atoms with Crippen LogP contribution in [0.15, 0.2) is 64.9 Å². The summed E-state index contributed by atoms with van der Waals surface area (Å²) in [4.78, 5) is 31.1. The summed E-state index contributed by atoms with van der Waals surface area (Å²) in [6.45, 7) is 1.98. The molecule has 2 amide bonds. The highest BCUT2D eigenvalue weighted by Gasteiger charge is 2.22. The van der Waals surface area contributed by atoms with Crippen molar-refractivity contribution in [1.82, 2.24) is 14.6 Å². The second kappa shape index (κ2) is 11.1. The van der Waals surface area contributed by atoms with Gasteiger partial charge in [0.1, 0.15) is 6.04 Å². The molecule has 1 aromatic heterocycles. The highest BCUT2D eigenvalue weighted by Crippen LogP contribution is 2.25. The Morgan fingerprint density at radius 2 is 1.90 bits per heavy atom. The van der Waals surface area contributed by atoms with E-state index < -0.39 is 6.04 Å². The normalized spacial score (nSPS) is 11.9. The lowest BCUT2D eigenvalue weighted by Crippen LogP contribution is -2.43. The molecule has 0 spiro atoms. The van der Waals surface area contributed by atoms with Crippen molar-refractivity contribution in [2.75, 3.05) is 19.4 Å². The van der Waals surface area contributed by atoms with E-state index in [0.29, 0.717) is 17.1 Å². The number of aromatic nitrogens is 1. The summed E-state index contributed by atoms with van der Waals surface area (Å²) >= 11 is 2.90. The largest absolute Gasteiger partial charge is 0.340 e. The maximum absolute atomic E-state index is 12.9. The van der Waals surface area contributed by atoms with Crippen LogP contribution in [-0.2, 0) is 4.79 Å². The van der Waals surface area contributed by atoms with Gasteiger partial charge in [-0.05, 0) is 50.7 Å². The summed E-state index contributed by atoms with van der Waals surface area (Å²) in [6, 6.07) is 16.5. The number of nitrogens with zero attached hydrogens (tertiary/aromatic N) is 2. The number of hydrogen-bond acceptors (Lipinski definition) is 6. The van der Waals surface area contributed by atoms with Gasteiger partial charge in [0.05, 0.1) is 5.69 Å². The van der Waals surface area contributed by atoms with Gasteiger partial charge in [-0.1, -0.05) is 49.7 Å². The maximum Gasteiger partial charge on any atom is 0.251 e. The Balaban J connectivity index is 1.67. The van der Waals surface area contributed by atoms with Crippen molar-refractivity contribution >= 4 is 40.2 Å². The van der Waals surface area contributed by atoms with Crippen LogP contribution in [0.25, 0.3) is 11.3 Å². The number of carbonyl (C=O) groups excluding carboxylic acids is 2. The molecule has 1 unspecified atom stereocenters. The predicted octanol–water partition coefficient (Wildman–Crippen LogP) is 4.92. The summed E-state index contributed by atoms with van der Waals surface area (Å²) < 4.78 is 1.96. The van der Waals surface area contributed by atoms with Crippen LogP contribution in [0.5, 0.6) is 0 Å². The molecule has 2 N–H and O–H groups in total. The summed E-state index contributed by atoms with van der Waals surface area (Å²) in [5.74, 6) is -0.526. The van der Waals surface area contributed by atoms with E-state index in [1.165, 1.54) is 23.3 Å². The molecule has 1 atom stereocenters. The standard InChI is InChI=1S/C23H26N4O2S2/c1-4-9-19(24-21(28)17-12-8-13-18(14-17)31-27(2)3)22(29)26-23-25-20(15-30-23)16-10-6-5-7-11-16/h5-8,10-15,19H,4,9H2,1-3H3,(H,24,28)(H,25,26,29). The first kappa shape index (κ1) is 23.0. The minimum Gasteiger partial charge on any atom is -0.340 e. The van der Waals surface area contributed by atoms with E-state index in [0.717, 1.165) is 22.6 Å². The third-order valence-corrected chi connectivity index (χ3v) is 5.97. The van der Waals surface area contributed by atoms with E-state index in [-0.39, 0.29) is 11.8 Å². The summed E-state index contributed by atoms with van der Waals surface area (Å²) in [6.07, 6.45) is 1.31. The molecule has 1 heterocycles. The lowest BCUT2D eigenvalue weighted by Gasteiger charge is -2.17. The number of rotatable bonds is 9. The second-order valence-corrected chi connectivity index (χ2v) is 9.38. The first-order valence-electron chi connectivity index (χ1n) is 10.0. The second-order valence-electron chi connectivity index (χ2n) is 7.14. The number of amides is 2. The Morgan fingerprint density at radius 3 is 2.61 bits per heavy atom. The van der Waals surface area contributed by atoms with Crippen molar-refractivity contribution < 1.29 is 9.59 Å². The van der Waals surface area contributed by atoms with E-state index in [4.69, 9.17) is 0 Å².